The Morgan fingerprint density at radius 2 is 1.86 bits per heavy atom. The first-order valence-corrected chi connectivity index (χ1v) is 14.1. The predicted octanol–water partition coefficient (Wildman–Crippen LogP) is 4.47. The van der Waals surface area contributed by atoms with Crippen molar-refractivity contribution in [1.29, 1.82) is 0 Å². The van der Waals surface area contributed by atoms with Crippen LogP contribution in [0.4, 0.5) is 0 Å². The number of fused-ring (bicyclic) bond motifs is 1. The smallest absolute Gasteiger partial charge is 0.243 e. The molecule has 1 saturated heterocycles. The molecule has 1 N–H and O–H groups in total. The summed E-state index contributed by atoms with van der Waals surface area (Å²) in [5.74, 6) is 1.07. The van der Waals surface area contributed by atoms with Crippen LogP contribution in [0.3, 0.4) is 0 Å². The SMILES string of the molecule is CCCCn1c(CCC(=O)NCC(C)c2ccccc2)nc2cc(S(=O)(=O)N3CCCC3)ccc21. The van der Waals surface area contributed by atoms with Crippen molar-refractivity contribution in [2.24, 2.45) is 0 Å². The number of amides is 1. The van der Waals surface area contributed by atoms with E-state index in [4.69, 9.17) is 4.98 Å². The second kappa shape index (κ2) is 11.4. The Morgan fingerprint density at radius 1 is 1.11 bits per heavy atom. The Hall–Kier alpha value is -2.71. The number of unbranched alkanes of at least 4 members (excludes halogenated alkanes) is 1. The Morgan fingerprint density at radius 3 is 2.57 bits per heavy atom. The van der Waals surface area contributed by atoms with E-state index in [-0.39, 0.29) is 11.8 Å². The molecule has 0 saturated carbocycles. The number of hydrogen-bond acceptors (Lipinski definition) is 4. The van der Waals surface area contributed by atoms with E-state index in [0.717, 1.165) is 43.6 Å². The zero-order valence-corrected chi connectivity index (χ0v) is 21.6. The minimum atomic E-state index is -3.49. The topological polar surface area (TPSA) is 84.3 Å². The van der Waals surface area contributed by atoms with Crippen molar-refractivity contribution in [3.05, 3.63) is 59.9 Å². The summed E-state index contributed by atoms with van der Waals surface area (Å²) in [6.07, 6.45) is 4.70. The highest BCUT2D eigenvalue weighted by Crippen LogP contribution is 2.26. The molecule has 2 heterocycles. The van der Waals surface area contributed by atoms with Crippen molar-refractivity contribution < 1.29 is 13.2 Å². The van der Waals surface area contributed by atoms with Gasteiger partial charge in [0, 0.05) is 39.0 Å². The van der Waals surface area contributed by atoms with Gasteiger partial charge in [0.1, 0.15) is 5.82 Å². The number of hydrogen-bond donors (Lipinski definition) is 1. The molecular weight excluding hydrogens is 460 g/mol. The molecule has 4 rings (SSSR count). The molecule has 35 heavy (non-hydrogen) atoms. The van der Waals surface area contributed by atoms with Crippen molar-refractivity contribution in [2.75, 3.05) is 19.6 Å². The van der Waals surface area contributed by atoms with Crippen LogP contribution in [0.1, 0.15) is 63.3 Å². The second-order valence-electron chi connectivity index (χ2n) is 9.41. The molecule has 1 amide bonds. The number of rotatable bonds is 11. The number of aryl methyl sites for hydroxylation is 2. The van der Waals surface area contributed by atoms with Gasteiger partial charge in [-0.2, -0.15) is 4.31 Å². The molecule has 1 unspecified atom stereocenters. The lowest BCUT2D eigenvalue weighted by Crippen LogP contribution is -2.28. The number of carbonyl (C=O) groups excluding carboxylic acids is 1. The minimum absolute atomic E-state index is 0.000760. The summed E-state index contributed by atoms with van der Waals surface area (Å²) in [7, 11) is -3.49. The predicted molar refractivity (Wildman–Crippen MR) is 139 cm³/mol. The number of carbonyl (C=O) groups is 1. The van der Waals surface area contributed by atoms with E-state index in [9.17, 15) is 13.2 Å². The van der Waals surface area contributed by atoms with E-state index < -0.39 is 10.0 Å². The Kier molecular flexibility index (Phi) is 8.23. The van der Waals surface area contributed by atoms with Crippen LogP contribution in [0.15, 0.2) is 53.4 Å². The van der Waals surface area contributed by atoms with E-state index in [2.05, 4.69) is 35.9 Å². The van der Waals surface area contributed by atoms with Gasteiger partial charge in [0.05, 0.1) is 15.9 Å². The van der Waals surface area contributed by atoms with Crippen molar-refractivity contribution in [2.45, 2.75) is 69.7 Å². The molecule has 1 aromatic heterocycles. The summed E-state index contributed by atoms with van der Waals surface area (Å²) < 4.78 is 29.8. The Bertz CT molecular complexity index is 1250. The molecule has 1 atom stereocenters. The first-order valence-electron chi connectivity index (χ1n) is 12.7. The summed E-state index contributed by atoms with van der Waals surface area (Å²) in [6.45, 7) is 6.79. The zero-order chi connectivity index (χ0) is 24.8. The van der Waals surface area contributed by atoms with Gasteiger partial charge in [0.2, 0.25) is 15.9 Å². The molecule has 0 radical (unpaired) electrons. The van der Waals surface area contributed by atoms with Gasteiger partial charge in [0.25, 0.3) is 0 Å². The van der Waals surface area contributed by atoms with Crippen molar-refractivity contribution >= 4 is 27.0 Å². The Balaban J connectivity index is 1.47. The van der Waals surface area contributed by atoms with E-state index in [1.54, 1.807) is 16.4 Å². The van der Waals surface area contributed by atoms with Crippen molar-refractivity contribution in [3.8, 4) is 0 Å². The van der Waals surface area contributed by atoms with Crippen LogP contribution in [0.2, 0.25) is 0 Å². The monoisotopic (exact) mass is 496 g/mol. The first-order chi connectivity index (χ1) is 16.9. The maximum Gasteiger partial charge on any atom is 0.243 e. The molecule has 1 fully saturated rings. The van der Waals surface area contributed by atoms with Crippen LogP contribution < -0.4 is 5.32 Å². The van der Waals surface area contributed by atoms with Crippen LogP contribution in [0.5, 0.6) is 0 Å². The highest BCUT2D eigenvalue weighted by molar-refractivity contribution is 7.89. The lowest BCUT2D eigenvalue weighted by Gasteiger charge is -2.15. The number of aromatic nitrogens is 2. The van der Waals surface area contributed by atoms with Gasteiger partial charge in [-0.3, -0.25) is 4.79 Å². The standard InChI is InChI=1S/C27H36N4O3S/c1-3-4-18-31-25-13-12-23(35(33,34)30-16-8-9-17-30)19-24(25)29-26(31)14-15-27(32)28-20-21(2)22-10-6-5-7-11-22/h5-7,10-13,19,21H,3-4,8-9,14-18,20H2,1-2H3,(H,28,32). The molecule has 3 aromatic rings. The molecule has 1 aliphatic heterocycles. The van der Waals surface area contributed by atoms with E-state index >= 15 is 0 Å². The van der Waals surface area contributed by atoms with Gasteiger partial charge in [-0.1, -0.05) is 50.6 Å². The summed E-state index contributed by atoms with van der Waals surface area (Å²) in [4.78, 5) is 17.7. The minimum Gasteiger partial charge on any atom is -0.355 e. The summed E-state index contributed by atoms with van der Waals surface area (Å²) in [5, 5.41) is 3.05. The number of imidazole rings is 1. The van der Waals surface area contributed by atoms with Crippen LogP contribution in [0.25, 0.3) is 11.0 Å². The largest absolute Gasteiger partial charge is 0.355 e. The third-order valence-electron chi connectivity index (χ3n) is 6.79. The second-order valence-corrected chi connectivity index (χ2v) is 11.3. The summed E-state index contributed by atoms with van der Waals surface area (Å²) in [6, 6.07) is 15.4. The molecule has 8 heteroatoms. The third-order valence-corrected chi connectivity index (χ3v) is 8.68. The molecule has 2 aromatic carbocycles. The molecular formula is C27H36N4O3S. The molecule has 0 bridgehead atoms. The lowest BCUT2D eigenvalue weighted by atomic mass is 10.0. The van der Waals surface area contributed by atoms with Crippen LogP contribution in [-0.2, 0) is 27.8 Å². The van der Waals surface area contributed by atoms with Gasteiger partial charge >= 0.3 is 0 Å². The zero-order valence-electron chi connectivity index (χ0n) is 20.7. The average Bonchev–Trinajstić information content (AvgIpc) is 3.53. The van der Waals surface area contributed by atoms with E-state index in [0.29, 0.717) is 42.9 Å². The highest BCUT2D eigenvalue weighted by atomic mass is 32.2. The number of nitrogens with one attached hydrogen (secondary N) is 1. The van der Waals surface area contributed by atoms with Crippen LogP contribution in [-0.4, -0.2) is 47.8 Å². The number of sulfonamides is 1. The average molecular weight is 497 g/mol. The molecule has 188 valence electrons. The lowest BCUT2D eigenvalue weighted by molar-refractivity contribution is -0.121. The fraction of sp³-hybridized carbons (Fsp3) is 0.481. The molecule has 0 aliphatic carbocycles. The van der Waals surface area contributed by atoms with Crippen molar-refractivity contribution in [3.63, 3.8) is 0 Å². The third kappa shape index (κ3) is 5.93. The molecule has 0 spiro atoms. The maximum absolute atomic E-state index is 13.0. The highest BCUT2D eigenvalue weighted by Gasteiger charge is 2.28. The Labute approximate surface area is 208 Å². The number of nitrogens with zero attached hydrogens (tertiary/aromatic N) is 3. The van der Waals surface area contributed by atoms with Gasteiger partial charge in [-0.25, -0.2) is 13.4 Å². The summed E-state index contributed by atoms with van der Waals surface area (Å²) >= 11 is 0. The van der Waals surface area contributed by atoms with Crippen LogP contribution in [0, 0.1) is 0 Å². The molecule has 7 nitrogen and oxygen atoms in total. The van der Waals surface area contributed by atoms with Crippen molar-refractivity contribution in [1.82, 2.24) is 19.2 Å². The summed E-state index contributed by atoms with van der Waals surface area (Å²) in [5.41, 5.74) is 2.80. The fourth-order valence-electron chi connectivity index (χ4n) is 4.63. The van der Waals surface area contributed by atoms with Gasteiger partial charge in [-0.05, 0) is 48.9 Å². The van der Waals surface area contributed by atoms with Gasteiger partial charge < -0.3 is 9.88 Å². The maximum atomic E-state index is 13.0. The molecule has 1 aliphatic rings. The number of benzene rings is 2. The van der Waals surface area contributed by atoms with Gasteiger partial charge in [-0.15, -0.1) is 0 Å². The fourth-order valence-corrected chi connectivity index (χ4v) is 6.17. The first kappa shape index (κ1) is 25.4. The van der Waals surface area contributed by atoms with E-state index in [1.807, 2.05) is 24.3 Å². The van der Waals surface area contributed by atoms with Gasteiger partial charge in [0.15, 0.2) is 0 Å². The van der Waals surface area contributed by atoms with Crippen LogP contribution >= 0.6 is 0 Å². The quantitative estimate of drug-likeness (QED) is 0.424. The van der Waals surface area contributed by atoms with E-state index in [1.165, 1.54) is 5.56 Å². The normalized spacial score (nSPS) is 15.5.